The average Bonchev–Trinajstić information content (AvgIpc) is 2.08. The first kappa shape index (κ1) is 8.62. The Bertz CT molecular complexity index is 352. The lowest BCUT2D eigenvalue weighted by molar-refractivity contribution is 0.568. The van der Waals surface area contributed by atoms with Gasteiger partial charge in [0.05, 0.1) is 0 Å². The third kappa shape index (κ3) is 1.57. The van der Waals surface area contributed by atoms with Crippen LogP contribution in [0.25, 0.3) is 5.57 Å². The first-order chi connectivity index (χ1) is 5.65. The van der Waals surface area contributed by atoms with Gasteiger partial charge < -0.3 is 0 Å². The lowest BCUT2D eigenvalue weighted by atomic mass is 10.1. The van der Waals surface area contributed by atoms with Gasteiger partial charge in [-0.15, -0.1) is 0 Å². The molecule has 0 atom stereocenters. The van der Waals surface area contributed by atoms with E-state index in [1.807, 2.05) is 0 Å². The van der Waals surface area contributed by atoms with Crippen molar-refractivity contribution >= 4 is 11.5 Å². The van der Waals surface area contributed by atoms with Crippen molar-refractivity contribution in [3.63, 3.8) is 0 Å². The molecule has 12 heavy (non-hydrogen) atoms. The molecule has 0 spiro atoms. The third-order valence-corrected chi connectivity index (χ3v) is 1.49. The second-order valence-electron chi connectivity index (χ2n) is 2.35. The number of hydrogen-bond donors (Lipinski definition) is 0. The summed E-state index contributed by atoms with van der Waals surface area (Å²) < 4.78 is 25.4. The number of allylic oxidation sites excluding steroid dienone is 1. The second-order valence-corrected chi connectivity index (χ2v) is 2.35. The van der Waals surface area contributed by atoms with E-state index in [2.05, 4.69) is 0 Å². The number of carbonyl (C=O) groups excluding carboxylic acids is 1. The monoisotopic (exact) mass is 168 g/mol. The van der Waals surface area contributed by atoms with Gasteiger partial charge >= 0.3 is 0 Å². The maximum absolute atomic E-state index is 12.8. The van der Waals surface area contributed by atoms with Gasteiger partial charge in [0.15, 0.2) is 0 Å². The van der Waals surface area contributed by atoms with Crippen molar-refractivity contribution in [3.05, 3.63) is 35.4 Å². The zero-order chi connectivity index (χ0) is 9.14. The summed E-state index contributed by atoms with van der Waals surface area (Å²) in [5, 5.41) is 0. The van der Waals surface area contributed by atoms with Gasteiger partial charge in [-0.05, 0) is 25.1 Å². The fraction of sp³-hybridized carbons (Fsp3) is 0.111. The largest absolute Gasteiger partial charge is 0.233 e. The zero-order valence-electron chi connectivity index (χ0n) is 6.40. The van der Waals surface area contributed by atoms with Gasteiger partial charge in [0.1, 0.15) is 17.6 Å². The predicted octanol–water partition coefficient (Wildman–Crippen LogP) is 2.20. The van der Waals surface area contributed by atoms with Crippen LogP contribution in [0.3, 0.4) is 0 Å². The van der Waals surface area contributed by atoms with E-state index < -0.39 is 11.6 Å². The molecule has 1 aromatic carbocycles. The van der Waals surface area contributed by atoms with Crippen molar-refractivity contribution in [1.82, 2.24) is 0 Å². The summed E-state index contributed by atoms with van der Waals surface area (Å²) in [4.78, 5) is 10.1. The quantitative estimate of drug-likeness (QED) is 0.587. The number of halogens is 2. The van der Waals surface area contributed by atoms with Crippen molar-refractivity contribution in [1.29, 1.82) is 0 Å². The van der Waals surface area contributed by atoms with Crippen LogP contribution in [-0.4, -0.2) is 5.94 Å². The number of rotatable bonds is 1. The lowest BCUT2D eigenvalue weighted by Crippen LogP contribution is -1.88. The van der Waals surface area contributed by atoms with E-state index in [1.54, 1.807) is 0 Å². The van der Waals surface area contributed by atoms with E-state index in [0.29, 0.717) is 0 Å². The Morgan fingerprint density at radius 1 is 1.42 bits per heavy atom. The minimum atomic E-state index is -0.614. The zero-order valence-corrected chi connectivity index (χ0v) is 6.40. The van der Waals surface area contributed by atoms with Crippen LogP contribution in [0.5, 0.6) is 0 Å². The third-order valence-electron chi connectivity index (χ3n) is 1.49. The van der Waals surface area contributed by atoms with E-state index in [-0.39, 0.29) is 11.1 Å². The van der Waals surface area contributed by atoms with Crippen molar-refractivity contribution in [2.45, 2.75) is 6.92 Å². The van der Waals surface area contributed by atoms with Crippen molar-refractivity contribution < 1.29 is 13.6 Å². The molecule has 1 aromatic rings. The maximum atomic E-state index is 12.8. The van der Waals surface area contributed by atoms with Crippen LogP contribution >= 0.6 is 0 Å². The second kappa shape index (κ2) is 3.28. The highest BCUT2D eigenvalue weighted by Crippen LogP contribution is 2.16. The smallest absolute Gasteiger partial charge is 0.131 e. The first-order valence-corrected chi connectivity index (χ1v) is 3.32. The maximum Gasteiger partial charge on any atom is 0.131 e. The summed E-state index contributed by atoms with van der Waals surface area (Å²) in [5.74, 6) is 0.327. The van der Waals surface area contributed by atoms with Crippen molar-refractivity contribution in [2.24, 2.45) is 0 Å². The molecule has 0 aliphatic rings. The molecule has 0 amide bonds. The van der Waals surface area contributed by atoms with Gasteiger partial charge in [0, 0.05) is 11.1 Å². The highest BCUT2D eigenvalue weighted by atomic mass is 19.1. The topological polar surface area (TPSA) is 17.1 Å². The standard InChI is InChI=1S/C9H6F2O/c1-6(5-12)8-4-7(10)2-3-9(8)11/h2-4H,1H3. The Kier molecular flexibility index (Phi) is 2.36. The molecule has 0 aromatic heterocycles. The van der Waals surface area contributed by atoms with Gasteiger partial charge in [-0.2, -0.15) is 0 Å². The summed E-state index contributed by atoms with van der Waals surface area (Å²) >= 11 is 0. The highest BCUT2D eigenvalue weighted by Gasteiger charge is 2.05. The molecule has 1 rings (SSSR count). The Morgan fingerprint density at radius 2 is 2.08 bits per heavy atom. The highest BCUT2D eigenvalue weighted by molar-refractivity contribution is 5.86. The van der Waals surface area contributed by atoms with E-state index in [9.17, 15) is 13.6 Å². The van der Waals surface area contributed by atoms with E-state index in [4.69, 9.17) is 0 Å². The Hall–Kier alpha value is -1.47. The van der Waals surface area contributed by atoms with Crippen LogP contribution in [0.15, 0.2) is 18.2 Å². The summed E-state index contributed by atoms with van der Waals surface area (Å²) in [7, 11) is 0. The van der Waals surface area contributed by atoms with E-state index in [1.165, 1.54) is 12.9 Å². The molecule has 0 aliphatic heterocycles. The summed E-state index contributed by atoms with van der Waals surface area (Å²) in [6.45, 7) is 1.38. The van der Waals surface area contributed by atoms with Crippen molar-refractivity contribution in [2.75, 3.05) is 0 Å². The van der Waals surface area contributed by atoms with Crippen molar-refractivity contribution in [3.8, 4) is 0 Å². The molecule has 0 radical (unpaired) electrons. The normalized spacial score (nSPS) is 9.25. The molecule has 0 saturated carbocycles. The summed E-state index contributed by atoms with van der Waals surface area (Å²) in [6.07, 6.45) is 0. The number of hydrogen-bond acceptors (Lipinski definition) is 1. The molecule has 0 saturated heterocycles. The molecular formula is C9H6F2O. The van der Waals surface area contributed by atoms with Crippen LogP contribution in [0.1, 0.15) is 12.5 Å². The van der Waals surface area contributed by atoms with Gasteiger partial charge in [-0.3, -0.25) is 0 Å². The molecule has 62 valence electrons. The lowest BCUT2D eigenvalue weighted by Gasteiger charge is -1.98. The molecule has 0 aliphatic carbocycles. The molecule has 0 unspecified atom stereocenters. The Labute approximate surface area is 68.3 Å². The fourth-order valence-corrected chi connectivity index (χ4v) is 0.840. The SMILES string of the molecule is CC(=C=O)c1cc(F)ccc1F. The minimum Gasteiger partial charge on any atom is -0.233 e. The average molecular weight is 168 g/mol. The predicted molar refractivity (Wildman–Crippen MR) is 41.1 cm³/mol. The molecule has 0 heterocycles. The van der Waals surface area contributed by atoms with Crippen LogP contribution in [0, 0.1) is 11.6 Å². The van der Waals surface area contributed by atoms with E-state index in [0.717, 1.165) is 18.2 Å². The van der Waals surface area contributed by atoms with Gasteiger partial charge in [0.2, 0.25) is 0 Å². The molecule has 3 heteroatoms. The number of benzene rings is 1. The fourth-order valence-electron chi connectivity index (χ4n) is 0.840. The molecule has 0 fully saturated rings. The summed E-state index contributed by atoms with van der Waals surface area (Å²) in [5.41, 5.74) is 0.0250. The molecule has 0 N–H and O–H groups in total. The van der Waals surface area contributed by atoms with Gasteiger partial charge in [-0.1, -0.05) is 0 Å². The van der Waals surface area contributed by atoms with Gasteiger partial charge in [0.25, 0.3) is 0 Å². The molecule has 1 nitrogen and oxygen atoms in total. The van der Waals surface area contributed by atoms with Crippen LogP contribution < -0.4 is 0 Å². The molecule has 0 bridgehead atoms. The van der Waals surface area contributed by atoms with E-state index >= 15 is 0 Å². The Balaban J connectivity index is 3.32. The Morgan fingerprint density at radius 3 is 2.67 bits per heavy atom. The minimum absolute atomic E-state index is 0.0370. The van der Waals surface area contributed by atoms with Crippen LogP contribution in [0.4, 0.5) is 8.78 Å². The summed E-state index contributed by atoms with van der Waals surface area (Å²) in [6, 6.07) is 2.94. The van der Waals surface area contributed by atoms with Gasteiger partial charge in [-0.25, -0.2) is 13.6 Å². The first-order valence-electron chi connectivity index (χ1n) is 3.32. The van der Waals surface area contributed by atoms with Crippen LogP contribution in [0.2, 0.25) is 0 Å². The van der Waals surface area contributed by atoms with Crippen LogP contribution in [-0.2, 0) is 4.79 Å². The molecular weight excluding hydrogens is 162 g/mol.